The first-order valence-electron chi connectivity index (χ1n) is 8.73. The number of rotatable bonds is 2. The van der Waals surface area contributed by atoms with Gasteiger partial charge < -0.3 is 17.9 Å². The van der Waals surface area contributed by atoms with Gasteiger partial charge in [0.2, 0.25) is 5.01 Å². The molecule has 0 spiro atoms. The number of hydrogen-bond donors (Lipinski definition) is 0. The summed E-state index contributed by atoms with van der Waals surface area (Å²) >= 11 is 1.39. The summed E-state index contributed by atoms with van der Waals surface area (Å²) in [5.74, 6) is 0. The maximum absolute atomic E-state index is 16.0. The second-order valence-corrected chi connectivity index (χ2v) is 7.53. The summed E-state index contributed by atoms with van der Waals surface area (Å²) in [5.41, 5.74) is 2.32. The van der Waals surface area contributed by atoms with Crippen molar-refractivity contribution in [2.75, 3.05) is 4.81 Å². The van der Waals surface area contributed by atoms with Crippen molar-refractivity contribution in [1.29, 1.82) is 0 Å². The summed E-state index contributed by atoms with van der Waals surface area (Å²) < 4.78 is 34.0. The molecule has 0 radical (unpaired) electrons. The third kappa shape index (κ3) is 2.48. The number of anilines is 1. The van der Waals surface area contributed by atoms with Crippen LogP contribution in [0.3, 0.4) is 0 Å². The molecule has 0 amide bonds. The van der Waals surface area contributed by atoms with E-state index in [9.17, 15) is 0 Å². The van der Waals surface area contributed by atoms with E-state index in [4.69, 9.17) is 0 Å². The van der Waals surface area contributed by atoms with Crippen molar-refractivity contribution >= 4 is 46.0 Å². The summed E-state index contributed by atoms with van der Waals surface area (Å²) in [6, 6.07) is 25.6. The third-order valence-electron chi connectivity index (χ3n) is 4.82. The fourth-order valence-electron chi connectivity index (χ4n) is 3.65. The van der Waals surface area contributed by atoms with E-state index in [1.54, 1.807) is 36.4 Å². The minimum Gasteiger partial charge on any atom is -0.390 e. The molecule has 0 unspecified atom stereocenters. The standard InChI is InChI=1S/C21H15BF2N2S/c23-22(24)25(17-11-5-2-6-12-17)19(16-9-3-1-4-10-16)15-21-26(22)18-13-7-8-14-20(18)27-21/h1-15H. The van der Waals surface area contributed by atoms with Gasteiger partial charge in [0.05, 0.1) is 4.70 Å². The first-order chi connectivity index (χ1) is 13.2. The van der Waals surface area contributed by atoms with Crippen molar-refractivity contribution in [2.45, 2.75) is 0 Å². The minimum atomic E-state index is -4.05. The van der Waals surface area contributed by atoms with Crippen LogP contribution in [0.1, 0.15) is 10.6 Å². The normalized spacial score (nSPS) is 15.5. The van der Waals surface area contributed by atoms with Crippen LogP contribution in [0, 0.1) is 0 Å². The predicted octanol–water partition coefficient (Wildman–Crippen LogP) is 5.43. The van der Waals surface area contributed by atoms with Crippen LogP contribution < -0.4 is 9.29 Å². The Morgan fingerprint density at radius 1 is 0.778 bits per heavy atom. The quantitative estimate of drug-likeness (QED) is 0.423. The average molecular weight is 376 g/mol. The SMILES string of the molecule is F[B-]1(F)N(c2ccccc2)C(c2ccccc2)=Cc2sc3ccccc3[n+]21. The highest BCUT2D eigenvalue weighted by Crippen LogP contribution is 2.38. The van der Waals surface area contributed by atoms with Crippen LogP contribution in [0.15, 0.2) is 84.9 Å². The van der Waals surface area contributed by atoms with Gasteiger partial charge in [-0.2, -0.15) is 0 Å². The minimum absolute atomic E-state index is 0.478. The first-order valence-corrected chi connectivity index (χ1v) is 9.55. The lowest BCUT2D eigenvalue weighted by Crippen LogP contribution is -2.71. The molecule has 6 heteroatoms. The fraction of sp³-hybridized carbons (Fsp3) is 0. The van der Waals surface area contributed by atoms with Crippen LogP contribution in [0.2, 0.25) is 0 Å². The Labute approximate surface area is 159 Å². The molecular weight excluding hydrogens is 361 g/mol. The summed E-state index contributed by atoms with van der Waals surface area (Å²) in [6.07, 6.45) is 1.87. The van der Waals surface area contributed by atoms with E-state index in [1.165, 1.54) is 20.6 Å². The van der Waals surface area contributed by atoms with Crippen molar-refractivity contribution in [3.63, 3.8) is 0 Å². The Balaban J connectivity index is 1.84. The smallest absolute Gasteiger partial charge is 0.390 e. The Morgan fingerprint density at radius 3 is 2.15 bits per heavy atom. The maximum Gasteiger partial charge on any atom is 0.738 e. The molecule has 0 atom stereocenters. The predicted molar refractivity (Wildman–Crippen MR) is 109 cm³/mol. The molecule has 4 aromatic rings. The van der Waals surface area contributed by atoms with E-state index in [0.717, 1.165) is 10.3 Å². The Bertz CT molecular complexity index is 1160. The van der Waals surface area contributed by atoms with E-state index >= 15 is 8.63 Å². The largest absolute Gasteiger partial charge is 0.738 e. The van der Waals surface area contributed by atoms with E-state index in [2.05, 4.69) is 0 Å². The van der Waals surface area contributed by atoms with Gasteiger partial charge in [-0.25, -0.2) is 0 Å². The molecule has 3 aromatic carbocycles. The molecule has 1 aliphatic rings. The third-order valence-corrected chi connectivity index (χ3v) is 5.91. The lowest BCUT2D eigenvalue weighted by atomic mass is 9.86. The number of nitrogens with zero attached hydrogens (tertiary/aromatic N) is 2. The molecule has 0 N–H and O–H groups in total. The van der Waals surface area contributed by atoms with E-state index < -0.39 is 6.97 Å². The molecule has 0 bridgehead atoms. The number of halogens is 2. The molecule has 0 saturated carbocycles. The van der Waals surface area contributed by atoms with Crippen molar-refractivity contribution in [2.24, 2.45) is 0 Å². The van der Waals surface area contributed by atoms with E-state index in [-0.39, 0.29) is 0 Å². The Hall–Kier alpha value is -2.99. The highest BCUT2D eigenvalue weighted by Gasteiger charge is 2.54. The topological polar surface area (TPSA) is 7.12 Å². The van der Waals surface area contributed by atoms with Gasteiger partial charge in [-0.1, -0.05) is 72.0 Å². The van der Waals surface area contributed by atoms with Gasteiger partial charge in [0.15, 0.2) is 5.52 Å². The van der Waals surface area contributed by atoms with Gasteiger partial charge in [-0.3, -0.25) is 0 Å². The van der Waals surface area contributed by atoms with Gasteiger partial charge >= 0.3 is 6.97 Å². The molecule has 1 aromatic heterocycles. The van der Waals surface area contributed by atoms with Crippen LogP contribution in [0.25, 0.3) is 22.0 Å². The molecule has 0 saturated heterocycles. The van der Waals surface area contributed by atoms with Crippen molar-refractivity contribution in [3.8, 4) is 0 Å². The Morgan fingerprint density at radius 2 is 1.41 bits per heavy atom. The van der Waals surface area contributed by atoms with Crippen LogP contribution in [0.4, 0.5) is 14.3 Å². The van der Waals surface area contributed by atoms with Crippen molar-refractivity contribution < 1.29 is 13.1 Å². The number of hydrogen-bond acceptors (Lipinski definition) is 2. The molecule has 132 valence electrons. The zero-order valence-corrected chi connectivity index (χ0v) is 15.1. The molecule has 27 heavy (non-hydrogen) atoms. The summed E-state index contributed by atoms with van der Waals surface area (Å²) in [5, 5.41) is 0.562. The van der Waals surface area contributed by atoms with Gasteiger partial charge in [-0.05, 0) is 23.8 Å². The maximum atomic E-state index is 16.0. The molecule has 0 fully saturated rings. The van der Waals surface area contributed by atoms with Crippen molar-refractivity contribution in [1.82, 2.24) is 0 Å². The summed E-state index contributed by atoms with van der Waals surface area (Å²) in [4.78, 5) is 1.18. The molecule has 5 rings (SSSR count). The lowest BCUT2D eigenvalue weighted by Gasteiger charge is -2.39. The summed E-state index contributed by atoms with van der Waals surface area (Å²) in [6.45, 7) is -4.05. The lowest BCUT2D eigenvalue weighted by molar-refractivity contribution is -0.535. The first kappa shape index (κ1) is 16.2. The van der Waals surface area contributed by atoms with Gasteiger partial charge in [0.25, 0.3) is 0 Å². The van der Waals surface area contributed by atoms with Gasteiger partial charge in [0, 0.05) is 23.5 Å². The van der Waals surface area contributed by atoms with E-state index in [1.807, 2.05) is 54.6 Å². The number of fused-ring (bicyclic) bond motifs is 3. The van der Waals surface area contributed by atoms with E-state index in [0.29, 0.717) is 21.9 Å². The molecule has 0 aliphatic carbocycles. The zero-order chi connectivity index (χ0) is 18.4. The van der Waals surface area contributed by atoms with Crippen LogP contribution >= 0.6 is 11.3 Å². The summed E-state index contributed by atoms with van der Waals surface area (Å²) in [7, 11) is 0. The molecule has 1 aliphatic heterocycles. The Kier molecular flexibility index (Phi) is 3.62. The van der Waals surface area contributed by atoms with Crippen LogP contribution in [-0.4, -0.2) is 6.97 Å². The van der Waals surface area contributed by atoms with Crippen molar-refractivity contribution in [3.05, 3.63) is 95.5 Å². The van der Waals surface area contributed by atoms with Crippen LogP contribution in [0.5, 0.6) is 0 Å². The molecular formula is C21H15BF2N2S. The van der Waals surface area contributed by atoms with Gasteiger partial charge in [0.1, 0.15) is 0 Å². The van der Waals surface area contributed by atoms with Gasteiger partial charge in [-0.15, -0.1) is 0 Å². The average Bonchev–Trinajstić information content (AvgIpc) is 3.08. The second-order valence-electron chi connectivity index (χ2n) is 6.47. The highest BCUT2D eigenvalue weighted by atomic mass is 32.1. The monoisotopic (exact) mass is 376 g/mol. The zero-order valence-electron chi connectivity index (χ0n) is 14.3. The highest BCUT2D eigenvalue weighted by molar-refractivity contribution is 7.19. The number of thiazole rings is 1. The molecule has 2 heterocycles. The fourth-order valence-corrected chi connectivity index (χ4v) is 4.79. The van der Waals surface area contributed by atoms with Crippen LogP contribution in [-0.2, 0) is 0 Å². The second kappa shape index (κ2) is 6.03. The molecule has 2 nitrogen and oxygen atoms in total. The number of aromatic nitrogens is 1. The number of benzene rings is 3. The number of para-hydroxylation sites is 2.